The Bertz CT molecular complexity index is 756. The van der Waals surface area contributed by atoms with Gasteiger partial charge in [-0.1, -0.05) is 41.5 Å². The molecule has 0 aliphatic heterocycles. The Kier molecular flexibility index (Phi) is 10.3. The minimum absolute atomic E-state index is 0.0598. The van der Waals surface area contributed by atoms with Gasteiger partial charge in [-0.3, -0.25) is 5.41 Å². The van der Waals surface area contributed by atoms with E-state index in [1.54, 1.807) is 19.3 Å². The summed E-state index contributed by atoms with van der Waals surface area (Å²) in [4.78, 5) is 12.4. The highest BCUT2D eigenvalue weighted by atomic mass is 28.4. The van der Waals surface area contributed by atoms with Crippen LogP contribution in [0.25, 0.3) is 0 Å². The monoisotopic (exact) mass is 450 g/mol. The molecule has 0 saturated heterocycles. The number of amidine groups is 1. The van der Waals surface area contributed by atoms with E-state index in [1.165, 1.54) is 18.2 Å². The molecule has 1 rings (SSSR count). The third-order valence-electron chi connectivity index (χ3n) is 5.45. The summed E-state index contributed by atoms with van der Waals surface area (Å²) in [7, 11) is -0.271. The molecule has 0 radical (unpaired) electrons. The minimum Gasteiger partial charge on any atom is -0.561 e. The molecule has 31 heavy (non-hydrogen) atoms. The summed E-state index contributed by atoms with van der Waals surface area (Å²) in [5.41, 5.74) is 1.69. The molecular weight excluding hydrogens is 410 g/mol. The van der Waals surface area contributed by atoms with Crippen LogP contribution in [0.5, 0.6) is 11.5 Å². The molecule has 1 amide bonds. The van der Waals surface area contributed by atoms with Crippen molar-refractivity contribution in [3.05, 3.63) is 36.0 Å². The summed E-state index contributed by atoms with van der Waals surface area (Å²) >= 11 is 0. The lowest BCUT2D eigenvalue weighted by molar-refractivity contribution is -0.115. The summed E-state index contributed by atoms with van der Waals surface area (Å²) < 4.78 is 12.6. The number of ether oxygens (including phenoxy) is 1. The highest BCUT2D eigenvalue weighted by Crippen LogP contribution is 2.42. The maximum atomic E-state index is 12.4. The number of nitrogens with one attached hydrogen (secondary N) is 2. The molecule has 0 fully saturated rings. The second-order valence-corrected chi connectivity index (χ2v) is 14.3. The first kappa shape index (κ1) is 26.7. The molecule has 0 unspecified atom stereocenters. The van der Waals surface area contributed by atoms with Gasteiger partial charge < -0.3 is 19.6 Å². The van der Waals surface area contributed by atoms with Crippen molar-refractivity contribution < 1.29 is 24.5 Å². The number of aromatic hydroxyl groups is 1. The Labute approximate surface area is 187 Å². The van der Waals surface area contributed by atoms with Crippen molar-refractivity contribution in [2.75, 3.05) is 13.7 Å². The van der Waals surface area contributed by atoms with Crippen LogP contribution in [0.4, 0.5) is 0 Å². The third-order valence-corrected chi connectivity index (χ3v) is 11.5. The van der Waals surface area contributed by atoms with E-state index in [9.17, 15) is 9.90 Å². The Morgan fingerprint density at radius 2 is 1.68 bits per heavy atom. The number of hydrogen-bond donors (Lipinski definition) is 4. The molecule has 175 valence electrons. The van der Waals surface area contributed by atoms with Gasteiger partial charge in [0.2, 0.25) is 0 Å². The fourth-order valence-electron chi connectivity index (χ4n) is 4.23. The van der Waals surface area contributed by atoms with Gasteiger partial charge in [0.25, 0.3) is 5.84 Å². The molecule has 0 saturated carbocycles. The van der Waals surface area contributed by atoms with E-state index in [0.29, 0.717) is 29.0 Å². The zero-order valence-corrected chi connectivity index (χ0v) is 21.2. The summed E-state index contributed by atoms with van der Waals surface area (Å²) in [6, 6.07) is 4.44. The third kappa shape index (κ3) is 7.39. The molecule has 0 heterocycles. The average Bonchev–Trinajstić information content (AvgIpc) is 2.65. The van der Waals surface area contributed by atoms with Crippen LogP contribution in [-0.2, 0) is 4.43 Å². The van der Waals surface area contributed by atoms with Crippen molar-refractivity contribution >= 4 is 20.1 Å². The molecule has 0 aliphatic carbocycles. The highest BCUT2D eigenvalue weighted by molar-refractivity contribution is 6.77. The van der Waals surface area contributed by atoms with Crippen molar-refractivity contribution in [2.24, 2.45) is 0 Å². The van der Waals surface area contributed by atoms with E-state index in [1.807, 2.05) is 6.92 Å². The number of nitrogens with two attached hydrogens (primary N) is 1. The summed E-state index contributed by atoms with van der Waals surface area (Å²) in [5.74, 6) is 0.0879. The maximum Gasteiger partial charge on any atom is 0.339 e. The van der Waals surface area contributed by atoms with Crippen LogP contribution < -0.4 is 20.8 Å². The largest absolute Gasteiger partial charge is 0.561 e. The van der Waals surface area contributed by atoms with Gasteiger partial charge >= 0.3 is 5.91 Å². The van der Waals surface area contributed by atoms with Gasteiger partial charge in [0.1, 0.15) is 17.6 Å². The Morgan fingerprint density at radius 3 is 2.19 bits per heavy atom. The highest BCUT2D eigenvalue weighted by Gasteiger charge is 2.32. The predicted molar refractivity (Wildman–Crippen MR) is 128 cm³/mol. The van der Waals surface area contributed by atoms with Crippen molar-refractivity contribution in [2.45, 2.75) is 71.2 Å². The lowest BCUT2D eigenvalue weighted by atomic mass is 10.2. The van der Waals surface area contributed by atoms with E-state index < -0.39 is 14.2 Å². The first-order valence-corrected chi connectivity index (χ1v) is 13.0. The van der Waals surface area contributed by atoms with Gasteiger partial charge in [0.05, 0.1) is 5.56 Å². The molecule has 0 aliphatic rings. The van der Waals surface area contributed by atoms with Crippen LogP contribution in [0.2, 0.25) is 16.6 Å². The quantitative estimate of drug-likeness (QED) is 0.236. The van der Waals surface area contributed by atoms with E-state index in [4.69, 9.17) is 14.6 Å². The van der Waals surface area contributed by atoms with Gasteiger partial charge in [-0.2, -0.15) is 0 Å². The fraction of sp³-hybridized carbons (Fsp3) is 0.565. The van der Waals surface area contributed by atoms with E-state index in [0.717, 1.165) is 0 Å². The molecule has 1 aromatic rings. The molecule has 1 aromatic carbocycles. The lowest BCUT2D eigenvalue weighted by Gasteiger charge is -2.55. The molecule has 0 spiro atoms. The number of phenolic OH excluding ortho intramolecular Hbond substituents is 1. The SMILES string of the molecule is CN/C=C\C(=[NH2+])NC(=O)c1cc(O)cc(O[C@@H](C)CO[Si-](C(C)C)(C(C)C)C(C)C)c1. The van der Waals surface area contributed by atoms with Crippen LogP contribution in [0.3, 0.4) is 0 Å². The zero-order valence-electron chi connectivity index (χ0n) is 20.2. The van der Waals surface area contributed by atoms with Crippen LogP contribution in [-0.4, -0.2) is 44.9 Å². The number of phenols is 1. The van der Waals surface area contributed by atoms with Crippen molar-refractivity contribution in [3.63, 3.8) is 0 Å². The molecule has 0 aromatic heterocycles. The lowest BCUT2D eigenvalue weighted by Crippen LogP contribution is -2.49. The van der Waals surface area contributed by atoms with Crippen molar-refractivity contribution in [1.29, 1.82) is 0 Å². The summed E-state index contributed by atoms with van der Waals surface area (Å²) in [6.07, 6.45) is 2.89. The minimum atomic E-state index is -2.00. The molecule has 0 bridgehead atoms. The zero-order chi connectivity index (χ0) is 23.8. The molecular formula is C23H40N3O4Si. The van der Waals surface area contributed by atoms with Crippen molar-refractivity contribution in [1.82, 2.24) is 10.6 Å². The first-order chi connectivity index (χ1) is 14.4. The topological polar surface area (TPSA) is 105 Å². The predicted octanol–water partition coefficient (Wildman–Crippen LogP) is 2.97. The van der Waals surface area contributed by atoms with E-state index in [2.05, 4.69) is 52.2 Å². The second kappa shape index (κ2) is 11.9. The Morgan fingerprint density at radius 1 is 1.10 bits per heavy atom. The fourth-order valence-corrected chi connectivity index (χ4v) is 9.75. The van der Waals surface area contributed by atoms with Crippen LogP contribution in [0.1, 0.15) is 58.8 Å². The van der Waals surface area contributed by atoms with Crippen LogP contribution >= 0.6 is 0 Å². The Balaban J connectivity index is 2.89. The van der Waals surface area contributed by atoms with E-state index in [-0.39, 0.29) is 23.3 Å². The van der Waals surface area contributed by atoms with Gasteiger partial charge in [0, 0.05) is 32.0 Å². The van der Waals surface area contributed by atoms with Gasteiger partial charge in [0.15, 0.2) is 0 Å². The van der Waals surface area contributed by atoms with Gasteiger partial charge in [-0.05, 0) is 27.4 Å². The first-order valence-electron chi connectivity index (χ1n) is 10.9. The number of amides is 1. The number of carbonyl (C=O) groups excluding carboxylic acids is 1. The molecule has 1 atom stereocenters. The van der Waals surface area contributed by atoms with Crippen LogP contribution in [0, 0.1) is 0 Å². The van der Waals surface area contributed by atoms with Crippen LogP contribution in [0.15, 0.2) is 30.5 Å². The standard InChI is InChI=1S/C23H39N3O4Si/c1-15(2)31(16(3)4,17(5)6)29-14-18(7)30-21-12-19(11-20(27)13-21)23(28)26-22(24)9-10-25-8/h9-13,15-18,25,27H,14H2,1-8H3,(H2,24,26,28)/q-1/p+1/b10-9-/t18-/m0/s1. The smallest absolute Gasteiger partial charge is 0.339 e. The number of carbonyl (C=O) groups is 1. The second-order valence-electron chi connectivity index (χ2n) is 8.80. The maximum absolute atomic E-state index is 12.4. The normalized spacial score (nSPS) is 13.1. The summed E-state index contributed by atoms with van der Waals surface area (Å²) in [6.45, 7) is 15.8. The molecule has 5 N–H and O–H groups in total. The molecule has 8 heteroatoms. The van der Waals surface area contributed by atoms with Gasteiger partial charge in [-0.25, -0.2) is 10.1 Å². The average molecular weight is 451 g/mol. The van der Waals surface area contributed by atoms with Crippen molar-refractivity contribution in [3.8, 4) is 11.5 Å². The van der Waals surface area contributed by atoms with E-state index >= 15 is 0 Å². The summed E-state index contributed by atoms with van der Waals surface area (Å²) in [5, 5.41) is 21.2. The molecule has 7 nitrogen and oxygen atoms in total. The van der Waals surface area contributed by atoms with Gasteiger partial charge in [-0.15, -0.1) is 16.6 Å². The Hall–Kier alpha value is -2.32. The number of benzene rings is 1. The number of rotatable bonds is 11. The number of hydrogen-bond acceptors (Lipinski definition) is 5.